The minimum absolute atomic E-state index is 0.0636. The Morgan fingerprint density at radius 2 is 0.540 bits per heavy atom. The summed E-state index contributed by atoms with van der Waals surface area (Å²) >= 11 is 0. The number of ether oxygens (including phenoxy) is 3. The summed E-state index contributed by atoms with van der Waals surface area (Å²) in [5.41, 5.74) is 0. The second kappa shape index (κ2) is 40.2. The van der Waals surface area contributed by atoms with Crippen molar-refractivity contribution < 1.29 is 28.6 Å². The maximum Gasteiger partial charge on any atom is 0.306 e. The van der Waals surface area contributed by atoms with Crippen LogP contribution < -0.4 is 0 Å². The van der Waals surface area contributed by atoms with Gasteiger partial charge in [-0.2, -0.15) is 0 Å². The lowest BCUT2D eigenvalue weighted by atomic mass is 10.0. The van der Waals surface area contributed by atoms with E-state index in [1.54, 1.807) is 0 Å². The molecular formula is C44H84O6. The van der Waals surface area contributed by atoms with E-state index in [2.05, 4.69) is 20.8 Å². The SMILES string of the molecule is CCCCCCCCCCCCCCCCCCC(=O)OCC(COC(=O)CCCCCCCCCC)OC(=O)CCCCCCCCCC. The van der Waals surface area contributed by atoms with E-state index in [9.17, 15) is 14.4 Å². The number of hydrogen-bond acceptors (Lipinski definition) is 6. The summed E-state index contributed by atoms with van der Waals surface area (Å²) in [5, 5.41) is 0. The zero-order valence-electron chi connectivity index (χ0n) is 33.7. The fourth-order valence-electron chi connectivity index (χ4n) is 6.50. The highest BCUT2D eigenvalue weighted by atomic mass is 16.6. The molecule has 0 aromatic heterocycles. The van der Waals surface area contributed by atoms with Crippen LogP contribution in [0.1, 0.15) is 245 Å². The molecule has 1 unspecified atom stereocenters. The average molecular weight is 709 g/mol. The van der Waals surface area contributed by atoms with E-state index in [-0.39, 0.29) is 31.1 Å². The average Bonchev–Trinajstić information content (AvgIpc) is 3.11. The molecule has 0 rings (SSSR count). The lowest BCUT2D eigenvalue weighted by Crippen LogP contribution is -2.30. The first kappa shape index (κ1) is 48.4. The number of rotatable bonds is 40. The zero-order chi connectivity index (χ0) is 36.6. The Balaban J connectivity index is 4.20. The van der Waals surface area contributed by atoms with E-state index in [4.69, 9.17) is 14.2 Å². The predicted molar refractivity (Wildman–Crippen MR) is 210 cm³/mol. The third-order valence-electron chi connectivity index (χ3n) is 9.86. The van der Waals surface area contributed by atoms with Gasteiger partial charge in [0, 0.05) is 19.3 Å². The summed E-state index contributed by atoms with van der Waals surface area (Å²) in [4.78, 5) is 37.5. The number of esters is 3. The summed E-state index contributed by atoms with van der Waals surface area (Å²) in [6.45, 7) is 6.59. The maximum absolute atomic E-state index is 12.6. The van der Waals surface area contributed by atoms with Crippen molar-refractivity contribution in [2.75, 3.05) is 13.2 Å². The molecule has 0 aliphatic heterocycles. The van der Waals surface area contributed by atoms with E-state index in [1.807, 2.05) is 0 Å². The minimum atomic E-state index is -0.756. The summed E-state index contributed by atoms with van der Waals surface area (Å²) < 4.78 is 16.6. The Labute approximate surface area is 310 Å². The van der Waals surface area contributed by atoms with Gasteiger partial charge in [-0.25, -0.2) is 0 Å². The summed E-state index contributed by atoms with van der Waals surface area (Å²) in [6.07, 6.45) is 39.5. The Bertz CT molecular complexity index is 738. The number of carbonyl (C=O) groups is 3. The third-order valence-corrected chi connectivity index (χ3v) is 9.86. The molecule has 6 heteroatoms. The van der Waals surface area contributed by atoms with E-state index in [0.29, 0.717) is 19.3 Å². The van der Waals surface area contributed by atoms with E-state index in [0.717, 1.165) is 57.8 Å². The van der Waals surface area contributed by atoms with Gasteiger partial charge in [0.05, 0.1) is 0 Å². The smallest absolute Gasteiger partial charge is 0.306 e. The van der Waals surface area contributed by atoms with Crippen molar-refractivity contribution in [1.82, 2.24) is 0 Å². The fourth-order valence-corrected chi connectivity index (χ4v) is 6.50. The number of carbonyl (C=O) groups excluding carboxylic acids is 3. The van der Waals surface area contributed by atoms with Crippen LogP contribution in [0.15, 0.2) is 0 Å². The highest BCUT2D eigenvalue weighted by Crippen LogP contribution is 2.15. The molecule has 0 saturated heterocycles. The van der Waals surface area contributed by atoms with Crippen molar-refractivity contribution in [3.05, 3.63) is 0 Å². The van der Waals surface area contributed by atoms with Gasteiger partial charge in [-0.3, -0.25) is 14.4 Å². The molecule has 0 N–H and O–H groups in total. The van der Waals surface area contributed by atoms with Crippen molar-refractivity contribution >= 4 is 17.9 Å². The molecule has 0 heterocycles. The third kappa shape index (κ3) is 37.7. The second-order valence-corrected chi connectivity index (χ2v) is 15.0. The molecule has 296 valence electrons. The molecule has 0 bridgehead atoms. The van der Waals surface area contributed by atoms with Crippen LogP contribution in [-0.2, 0) is 28.6 Å². The van der Waals surface area contributed by atoms with Crippen molar-refractivity contribution in [2.24, 2.45) is 0 Å². The van der Waals surface area contributed by atoms with E-state index in [1.165, 1.54) is 148 Å². The van der Waals surface area contributed by atoms with Gasteiger partial charge in [-0.1, -0.05) is 207 Å². The van der Waals surface area contributed by atoms with Crippen molar-refractivity contribution in [1.29, 1.82) is 0 Å². The van der Waals surface area contributed by atoms with Gasteiger partial charge >= 0.3 is 17.9 Å². The lowest BCUT2D eigenvalue weighted by Gasteiger charge is -2.18. The minimum Gasteiger partial charge on any atom is -0.462 e. The lowest BCUT2D eigenvalue weighted by molar-refractivity contribution is -0.167. The topological polar surface area (TPSA) is 78.9 Å². The van der Waals surface area contributed by atoms with Gasteiger partial charge in [0.1, 0.15) is 13.2 Å². The molecule has 0 aliphatic carbocycles. The monoisotopic (exact) mass is 709 g/mol. The molecule has 0 fully saturated rings. The predicted octanol–water partition coefficient (Wildman–Crippen LogP) is 13.7. The Kier molecular flexibility index (Phi) is 38.9. The molecule has 0 aromatic rings. The molecule has 1 atom stereocenters. The van der Waals surface area contributed by atoms with Gasteiger partial charge in [0.2, 0.25) is 0 Å². The van der Waals surface area contributed by atoms with Crippen LogP contribution in [-0.4, -0.2) is 37.2 Å². The highest BCUT2D eigenvalue weighted by Gasteiger charge is 2.19. The number of hydrogen-bond donors (Lipinski definition) is 0. The van der Waals surface area contributed by atoms with Gasteiger partial charge < -0.3 is 14.2 Å². The molecule has 50 heavy (non-hydrogen) atoms. The molecular weight excluding hydrogens is 624 g/mol. The quantitative estimate of drug-likeness (QED) is 0.0358. The summed E-state index contributed by atoms with van der Waals surface area (Å²) in [7, 11) is 0. The van der Waals surface area contributed by atoms with Crippen LogP contribution in [0.2, 0.25) is 0 Å². The zero-order valence-corrected chi connectivity index (χ0v) is 33.7. The molecule has 0 saturated carbocycles. The van der Waals surface area contributed by atoms with E-state index < -0.39 is 6.10 Å². The largest absolute Gasteiger partial charge is 0.462 e. The standard InChI is InChI=1S/C44H84O6/c1-4-7-10-13-16-19-20-21-22-23-24-25-26-29-31-34-37-43(46)49-40-41(50-44(47)38-35-32-28-18-15-12-9-6-3)39-48-42(45)36-33-30-27-17-14-11-8-5-2/h41H,4-40H2,1-3H3. The highest BCUT2D eigenvalue weighted by molar-refractivity contribution is 5.71. The van der Waals surface area contributed by atoms with Crippen LogP contribution >= 0.6 is 0 Å². The van der Waals surface area contributed by atoms with Gasteiger partial charge in [0.25, 0.3) is 0 Å². The summed E-state index contributed by atoms with van der Waals surface area (Å²) in [5.74, 6) is -0.863. The van der Waals surface area contributed by atoms with Crippen molar-refractivity contribution in [3.63, 3.8) is 0 Å². The maximum atomic E-state index is 12.6. The van der Waals surface area contributed by atoms with Crippen LogP contribution in [0, 0.1) is 0 Å². The Morgan fingerprint density at radius 1 is 0.320 bits per heavy atom. The van der Waals surface area contributed by atoms with Gasteiger partial charge in [-0.15, -0.1) is 0 Å². The van der Waals surface area contributed by atoms with Crippen LogP contribution in [0.3, 0.4) is 0 Å². The Hall–Kier alpha value is -1.59. The normalized spacial score (nSPS) is 11.8. The number of unbranched alkanes of at least 4 members (excludes halogenated alkanes) is 29. The first-order chi connectivity index (χ1) is 24.5. The second-order valence-electron chi connectivity index (χ2n) is 15.0. The molecule has 6 nitrogen and oxygen atoms in total. The van der Waals surface area contributed by atoms with Crippen LogP contribution in [0.25, 0.3) is 0 Å². The Morgan fingerprint density at radius 3 is 0.800 bits per heavy atom. The van der Waals surface area contributed by atoms with Gasteiger partial charge in [0.15, 0.2) is 6.10 Å². The van der Waals surface area contributed by atoms with Crippen LogP contribution in [0.4, 0.5) is 0 Å². The van der Waals surface area contributed by atoms with Crippen molar-refractivity contribution in [2.45, 2.75) is 252 Å². The fraction of sp³-hybridized carbons (Fsp3) is 0.932. The molecule has 0 aliphatic rings. The molecule has 0 spiro atoms. The first-order valence-corrected chi connectivity index (χ1v) is 22.0. The van der Waals surface area contributed by atoms with Crippen molar-refractivity contribution in [3.8, 4) is 0 Å². The first-order valence-electron chi connectivity index (χ1n) is 22.0. The van der Waals surface area contributed by atoms with Gasteiger partial charge in [-0.05, 0) is 19.3 Å². The molecule has 0 radical (unpaired) electrons. The van der Waals surface area contributed by atoms with Crippen LogP contribution in [0.5, 0.6) is 0 Å². The summed E-state index contributed by atoms with van der Waals surface area (Å²) in [6, 6.07) is 0. The van der Waals surface area contributed by atoms with E-state index >= 15 is 0 Å². The molecule has 0 amide bonds. The molecule has 0 aromatic carbocycles.